The summed E-state index contributed by atoms with van der Waals surface area (Å²) in [4.78, 5) is 24.9. The third-order valence-corrected chi connectivity index (χ3v) is 3.65. The van der Waals surface area contributed by atoms with Crippen molar-refractivity contribution in [3.05, 3.63) is 35.9 Å². The number of hydrogen-bond donors (Lipinski definition) is 0. The summed E-state index contributed by atoms with van der Waals surface area (Å²) in [6, 6.07) is 9.59. The van der Waals surface area contributed by atoms with Gasteiger partial charge < -0.3 is 19.1 Å². The van der Waals surface area contributed by atoms with Gasteiger partial charge in [-0.15, -0.1) is 0 Å². The molecule has 1 saturated heterocycles. The number of piperidine rings is 1. The molecule has 1 aromatic rings. The Morgan fingerprint density at radius 2 is 1.83 bits per heavy atom. The molecule has 23 heavy (non-hydrogen) atoms. The van der Waals surface area contributed by atoms with Crippen LogP contribution in [0.25, 0.3) is 0 Å². The summed E-state index contributed by atoms with van der Waals surface area (Å²) in [7, 11) is 0. The fraction of sp³-hybridized carbons (Fsp3) is 0.529. The van der Waals surface area contributed by atoms with Crippen LogP contribution in [0.5, 0.6) is 0 Å². The van der Waals surface area contributed by atoms with E-state index in [1.165, 1.54) is 0 Å². The van der Waals surface area contributed by atoms with Crippen molar-refractivity contribution in [2.45, 2.75) is 32.5 Å². The van der Waals surface area contributed by atoms with E-state index >= 15 is 0 Å². The van der Waals surface area contributed by atoms with Crippen LogP contribution in [-0.2, 0) is 25.6 Å². The van der Waals surface area contributed by atoms with Gasteiger partial charge in [0.05, 0.1) is 12.7 Å². The summed E-state index contributed by atoms with van der Waals surface area (Å²) in [6.45, 7) is 3.50. The van der Waals surface area contributed by atoms with Crippen molar-refractivity contribution in [3.63, 3.8) is 0 Å². The van der Waals surface area contributed by atoms with Gasteiger partial charge in [-0.2, -0.15) is 0 Å². The van der Waals surface area contributed by atoms with Gasteiger partial charge in [0.25, 0.3) is 0 Å². The van der Waals surface area contributed by atoms with Crippen LogP contribution >= 0.6 is 0 Å². The summed E-state index contributed by atoms with van der Waals surface area (Å²) in [5, 5.41) is 0. The first-order chi connectivity index (χ1) is 11.2. The lowest BCUT2D eigenvalue weighted by Gasteiger charge is -2.31. The molecule has 0 bridgehead atoms. The normalized spacial score (nSPS) is 15.3. The van der Waals surface area contributed by atoms with E-state index < -0.39 is 0 Å². The fourth-order valence-corrected chi connectivity index (χ4v) is 2.40. The quantitative estimate of drug-likeness (QED) is 0.753. The highest BCUT2D eigenvalue weighted by Gasteiger charge is 2.24. The molecule has 6 nitrogen and oxygen atoms in total. The van der Waals surface area contributed by atoms with Crippen molar-refractivity contribution in [2.24, 2.45) is 0 Å². The minimum Gasteiger partial charge on any atom is -0.464 e. The molecule has 0 unspecified atom stereocenters. The molecule has 0 radical (unpaired) electrons. The predicted octanol–water partition coefficient (Wildman–Crippen LogP) is 2.37. The second-order valence-electron chi connectivity index (χ2n) is 5.34. The molecule has 1 amide bonds. The Bertz CT molecular complexity index is 497. The number of rotatable bonds is 6. The molecular weight excluding hydrogens is 298 g/mol. The third-order valence-electron chi connectivity index (χ3n) is 3.65. The van der Waals surface area contributed by atoms with Crippen LogP contribution in [0.1, 0.15) is 25.3 Å². The summed E-state index contributed by atoms with van der Waals surface area (Å²) < 4.78 is 15.6. The first kappa shape index (κ1) is 17.3. The number of carbonyl (C=O) groups excluding carboxylic acids is 2. The summed E-state index contributed by atoms with van der Waals surface area (Å²) >= 11 is 0. The third kappa shape index (κ3) is 5.90. The van der Waals surface area contributed by atoms with Crippen molar-refractivity contribution in [1.29, 1.82) is 0 Å². The van der Waals surface area contributed by atoms with E-state index in [1.54, 1.807) is 11.8 Å². The minimum absolute atomic E-state index is 0.0161. The molecule has 0 N–H and O–H groups in total. The lowest BCUT2D eigenvalue weighted by molar-refractivity contribution is -0.151. The Morgan fingerprint density at radius 3 is 2.48 bits per heavy atom. The van der Waals surface area contributed by atoms with E-state index in [-0.39, 0.29) is 31.4 Å². The van der Waals surface area contributed by atoms with Crippen molar-refractivity contribution < 1.29 is 23.8 Å². The summed E-state index contributed by atoms with van der Waals surface area (Å²) in [5.74, 6) is -0.350. The Hall–Kier alpha value is -2.08. The van der Waals surface area contributed by atoms with E-state index in [0.717, 1.165) is 5.56 Å². The van der Waals surface area contributed by atoms with Crippen LogP contribution in [0, 0.1) is 0 Å². The number of carbonyl (C=O) groups is 2. The molecule has 1 heterocycles. The topological polar surface area (TPSA) is 65.1 Å². The molecule has 1 aromatic carbocycles. The molecule has 0 aliphatic carbocycles. The lowest BCUT2D eigenvalue weighted by Crippen LogP contribution is -2.41. The molecule has 0 saturated carbocycles. The standard InChI is InChI=1S/C17H23NO5/c1-2-21-16(19)13-22-15-8-10-18(11-9-15)17(20)23-12-14-6-4-3-5-7-14/h3-7,15H,2,8-13H2,1H3. The molecule has 1 aliphatic heterocycles. The van der Waals surface area contributed by atoms with Crippen LogP contribution in [0.2, 0.25) is 0 Å². The number of esters is 1. The molecule has 0 atom stereocenters. The van der Waals surface area contributed by atoms with Crippen LogP contribution in [0.15, 0.2) is 30.3 Å². The smallest absolute Gasteiger partial charge is 0.410 e. The Balaban J connectivity index is 1.65. The van der Waals surface area contributed by atoms with Gasteiger partial charge in [-0.3, -0.25) is 0 Å². The van der Waals surface area contributed by atoms with E-state index in [9.17, 15) is 9.59 Å². The molecule has 1 fully saturated rings. The van der Waals surface area contributed by atoms with Crippen LogP contribution in [-0.4, -0.2) is 49.4 Å². The van der Waals surface area contributed by atoms with E-state index in [1.807, 2.05) is 30.3 Å². The zero-order valence-electron chi connectivity index (χ0n) is 13.4. The van der Waals surface area contributed by atoms with E-state index in [4.69, 9.17) is 14.2 Å². The maximum atomic E-state index is 12.0. The van der Waals surface area contributed by atoms with Gasteiger partial charge in [0, 0.05) is 13.1 Å². The SMILES string of the molecule is CCOC(=O)COC1CCN(C(=O)OCc2ccccc2)CC1. The average molecular weight is 321 g/mol. The first-order valence-corrected chi connectivity index (χ1v) is 7.92. The highest BCUT2D eigenvalue weighted by atomic mass is 16.6. The predicted molar refractivity (Wildman–Crippen MR) is 83.8 cm³/mol. The van der Waals surface area contributed by atoms with Crippen LogP contribution in [0.3, 0.4) is 0 Å². The molecular formula is C17H23NO5. The number of ether oxygens (including phenoxy) is 3. The molecule has 6 heteroatoms. The minimum atomic E-state index is -0.350. The van der Waals surface area contributed by atoms with Crippen molar-refractivity contribution in [1.82, 2.24) is 4.90 Å². The van der Waals surface area contributed by atoms with Gasteiger partial charge in [0.2, 0.25) is 0 Å². The van der Waals surface area contributed by atoms with Gasteiger partial charge in [0.15, 0.2) is 0 Å². The largest absolute Gasteiger partial charge is 0.464 e. The summed E-state index contributed by atoms with van der Waals surface area (Å²) in [5.41, 5.74) is 0.966. The lowest BCUT2D eigenvalue weighted by atomic mass is 10.1. The van der Waals surface area contributed by atoms with Gasteiger partial charge in [-0.25, -0.2) is 9.59 Å². The Morgan fingerprint density at radius 1 is 1.13 bits per heavy atom. The highest BCUT2D eigenvalue weighted by Crippen LogP contribution is 2.15. The van der Waals surface area contributed by atoms with Crippen molar-refractivity contribution >= 4 is 12.1 Å². The second-order valence-corrected chi connectivity index (χ2v) is 5.34. The van der Waals surface area contributed by atoms with Gasteiger partial charge in [0.1, 0.15) is 13.2 Å². The average Bonchev–Trinajstić information content (AvgIpc) is 2.59. The van der Waals surface area contributed by atoms with Gasteiger partial charge in [-0.05, 0) is 25.3 Å². The molecule has 0 aromatic heterocycles. The van der Waals surface area contributed by atoms with Crippen LogP contribution in [0.4, 0.5) is 4.79 Å². The Labute approximate surface area is 136 Å². The summed E-state index contributed by atoms with van der Waals surface area (Å²) in [6.07, 6.45) is 1.06. The highest BCUT2D eigenvalue weighted by molar-refractivity contribution is 5.70. The Kier molecular flexibility index (Phi) is 6.87. The molecule has 1 aliphatic rings. The number of benzene rings is 1. The number of amides is 1. The van der Waals surface area contributed by atoms with Gasteiger partial charge >= 0.3 is 12.1 Å². The molecule has 2 rings (SSSR count). The fourth-order valence-electron chi connectivity index (χ4n) is 2.40. The zero-order chi connectivity index (χ0) is 16.5. The maximum absolute atomic E-state index is 12.0. The number of nitrogens with zero attached hydrogens (tertiary/aromatic N) is 1. The molecule has 126 valence electrons. The van der Waals surface area contributed by atoms with Gasteiger partial charge in [-0.1, -0.05) is 30.3 Å². The first-order valence-electron chi connectivity index (χ1n) is 7.92. The number of hydrogen-bond acceptors (Lipinski definition) is 5. The van der Waals surface area contributed by atoms with Crippen molar-refractivity contribution in [2.75, 3.05) is 26.3 Å². The zero-order valence-corrected chi connectivity index (χ0v) is 13.4. The second kappa shape index (κ2) is 9.15. The van der Waals surface area contributed by atoms with Crippen molar-refractivity contribution in [3.8, 4) is 0 Å². The number of likely N-dealkylation sites (tertiary alicyclic amines) is 1. The van der Waals surface area contributed by atoms with Crippen LogP contribution < -0.4 is 0 Å². The van der Waals surface area contributed by atoms with E-state index in [2.05, 4.69) is 0 Å². The maximum Gasteiger partial charge on any atom is 0.410 e. The van der Waals surface area contributed by atoms with E-state index in [0.29, 0.717) is 32.5 Å². The molecule has 0 spiro atoms. The monoisotopic (exact) mass is 321 g/mol.